The van der Waals surface area contributed by atoms with Gasteiger partial charge in [-0.1, -0.05) is 48.7 Å². The van der Waals surface area contributed by atoms with E-state index in [1.807, 2.05) is 13.8 Å². The third-order valence-corrected chi connectivity index (χ3v) is 3.66. The Morgan fingerprint density at radius 1 is 1.29 bits per heavy atom. The molecule has 4 N–H and O–H groups in total. The van der Waals surface area contributed by atoms with Crippen molar-refractivity contribution < 1.29 is 4.79 Å². The highest BCUT2D eigenvalue weighted by atomic mass is 35.5. The molecule has 0 aliphatic heterocycles. The third-order valence-electron chi connectivity index (χ3n) is 2.84. The van der Waals surface area contributed by atoms with Gasteiger partial charge in [0.25, 0.3) is 5.91 Å². The Morgan fingerprint density at radius 3 is 2.38 bits per heavy atom. The largest absolute Gasteiger partial charge is 0.383 e. The number of nitrogens with one attached hydrogen (secondary N) is 2. The topological polar surface area (TPSA) is 83.8 Å². The zero-order valence-electron chi connectivity index (χ0n) is 11.3. The van der Waals surface area contributed by atoms with Gasteiger partial charge in [-0.05, 0) is 18.1 Å². The van der Waals surface area contributed by atoms with Crippen LogP contribution in [-0.4, -0.2) is 16.1 Å². The van der Waals surface area contributed by atoms with Gasteiger partial charge < -0.3 is 11.1 Å². The molecule has 0 aliphatic rings. The number of carbonyl (C=O) groups is 1. The van der Waals surface area contributed by atoms with E-state index in [1.165, 1.54) is 12.1 Å². The minimum absolute atomic E-state index is 0.0375. The number of nitrogens with two attached hydrogens (primary N) is 1. The van der Waals surface area contributed by atoms with E-state index in [1.54, 1.807) is 0 Å². The maximum atomic E-state index is 12.4. The molecule has 0 spiro atoms. The molecule has 0 saturated carbocycles. The Morgan fingerprint density at radius 2 is 1.86 bits per heavy atom. The number of benzene rings is 1. The second-order valence-electron chi connectivity index (χ2n) is 4.75. The van der Waals surface area contributed by atoms with Crippen LogP contribution in [0.5, 0.6) is 0 Å². The summed E-state index contributed by atoms with van der Waals surface area (Å²) in [6.07, 6.45) is 0. The van der Waals surface area contributed by atoms with Gasteiger partial charge in [-0.25, -0.2) is 0 Å². The minimum Gasteiger partial charge on any atom is -0.383 e. The summed E-state index contributed by atoms with van der Waals surface area (Å²) < 4.78 is 0. The molecule has 21 heavy (non-hydrogen) atoms. The van der Waals surface area contributed by atoms with E-state index >= 15 is 0 Å². The number of aromatic amines is 1. The van der Waals surface area contributed by atoms with Gasteiger partial charge in [0.15, 0.2) is 0 Å². The third kappa shape index (κ3) is 3.26. The molecule has 0 radical (unpaired) electrons. The number of hydrogen-bond donors (Lipinski definition) is 3. The summed E-state index contributed by atoms with van der Waals surface area (Å²) in [4.78, 5) is 12.4. The number of nitrogen functional groups attached to an aromatic ring is 1. The summed E-state index contributed by atoms with van der Waals surface area (Å²) >= 11 is 17.9. The quantitative estimate of drug-likeness (QED) is 0.772. The van der Waals surface area contributed by atoms with Crippen LogP contribution in [0, 0.1) is 0 Å². The van der Waals surface area contributed by atoms with Gasteiger partial charge in [-0.3, -0.25) is 9.89 Å². The summed E-state index contributed by atoms with van der Waals surface area (Å²) in [6, 6.07) is 2.99. The normalized spacial score (nSPS) is 11.0. The van der Waals surface area contributed by atoms with Crippen molar-refractivity contribution in [2.75, 3.05) is 11.1 Å². The van der Waals surface area contributed by atoms with Gasteiger partial charge in [0.05, 0.1) is 21.4 Å². The van der Waals surface area contributed by atoms with Crippen LogP contribution in [-0.2, 0) is 0 Å². The SMILES string of the molecule is CC(C)c1n[nH]c(N)c1C(=O)Nc1c(Cl)cc(Cl)cc1Cl. The van der Waals surface area contributed by atoms with Crippen molar-refractivity contribution in [2.24, 2.45) is 0 Å². The first kappa shape index (κ1) is 15.9. The fraction of sp³-hybridized carbons (Fsp3) is 0.231. The number of amides is 1. The molecule has 0 atom stereocenters. The highest BCUT2D eigenvalue weighted by Gasteiger charge is 2.22. The zero-order valence-corrected chi connectivity index (χ0v) is 13.6. The molecule has 1 aromatic carbocycles. The Kier molecular flexibility index (Phi) is 4.66. The van der Waals surface area contributed by atoms with Crippen molar-refractivity contribution in [3.8, 4) is 0 Å². The molecule has 5 nitrogen and oxygen atoms in total. The Balaban J connectivity index is 2.38. The van der Waals surface area contributed by atoms with Crippen LogP contribution in [0.4, 0.5) is 11.5 Å². The van der Waals surface area contributed by atoms with Gasteiger partial charge in [0, 0.05) is 5.02 Å². The molecule has 0 aliphatic carbocycles. The lowest BCUT2D eigenvalue weighted by Gasteiger charge is -2.11. The standard InChI is InChI=1S/C13H13Cl3N4O/c1-5(2)10-9(12(17)20-19-10)13(21)18-11-7(15)3-6(14)4-8(11)16/h3-5H,1-2H3,(H,18,21)(H3,17,19,20). The van der Waals surface area contributed by atoms with Gasteiger partial charge >= 0.3 is 0 Å². The van der Waals surface area contributed by atoms with Crippen LogP contribution in [0.2, 0.25) is 15.1 Å². The molecule has 0 bridgehead atoms. The van der Waals surface area contributed by atoms with Crippen molar-refractivity contribution in [1.29, 1.82) is 0 Å². The van der Waals surface area contributed by atoms with Gasteiger partial charge in [-0.15, -0.1) is 0 Å². The predicted molar refractivity (Wildman–Crippen MR) is 86.5 cm³/mol. The molecule has 0 unspecified atom stereocenters. The van der Waals surface area contributed by atoms with Crippen LogP contribution in [0.25, 0.3) is 0 Å². The van der Waals surface area contributed by atoms with E-state index in [0.717, 1.165) is 0 Å². The lowest BCUT2D eigenvalue weighted by molar-refractivity contribution is 0.102. The molecule has 1 aromatic heterocycles. The second-order valence-corrected chi connectivity index (χ2v) is 6.00. The van der Waals surface area contributed by atoms with Crippen LogP contribution < -0.4 is 11.1 Å². The summed E-state index contributed by atoms with van der Waals surface area (Å²) in [5, 5.41) is 10.2. The molecule has 1 heterocycles. The molecule has 8 heteroatoms. The molecule has 0 fully saturated rings. The number of hydrogen-bond acceptors (Lipinski definition) is 3. The summed E-state index contributed by atoms with van der Waals surface area (Å²) in [5.41, 5.74) is 6.91. The van der Waals surface area contributed by atoms with Crippen molar-refractivity contribution in [1.82, 2.24) is 10.2 Å². The summed E-state index contributed by atoms with van der Waals surface area (Å²) in [5.74, 6) is -0.205. The highest BCUT2D eigenvalue weighted by molar-refractivity contribution is 6.42. The second kappa shape index (κ2) is 6.13. The molecule has 2 aromatic rings. The average Bonchev–Trinajstić information content (AvgIpc) is 2.75. The van der Waals surface area contributed by atoms with Crippen molar-refractivity contribution >= 4 is 52.2 Å². The minimum atomic E-state index is -0.434. The van der Waals surface area contributed by atoms with E-state index in [-0.39, 0.29) is 33.0 Å². The first-order valence-electron chi connectivity index (χ1n) is 6.11. The van der Waals surface area contributed by atoms with Gasteiger partial charge in [0.1, 0.15) is 11.4 Å². The first-order valence-corrected chi connectivity index (χ1v) is 7.24. The Bertz CT molecular complexity index is 674. The van der Waals surface area contributed by atoms with Crippen molar-refractivity contribution in [3.05, 3.63) is 38.5 Å². The number of anilines is 2. The maximum absolute atomic E-state index is 12.4. The van der Waals surface area contributed by atoms with E-state index in [0.29, 0.717) is 10.7 Å². The summed E-state index contributed by atoms with van der Waals surface area (Å²) in [6.45, 7) is 3.82. The van der Waals surface area contributed by atoms with Crippen LogP contribution in [0.3, 0.4) is 0 Å². The molecular weight excluding hydrogens is 335 g/mol. The average molecular weight is 348 g/mol. The van der Waals surface area contributed by atoms with Crippen LogP contribution >= 0.6 is 34.8 Å². The van der Waals surface area contributed by atoms with Crippen LogP contribution in [0.1, 0.15) is 35.8 Å². The molecular formula is C13H13Cl3N4O. The fourth-order valence-electron chi connectivity index (χ4n) is 1.86. The zero-order chi connectivity index (χ0) is 15.7. The summed E-state index contributed by atoms with van der Waals surface area (Å²) in [7, 11) is 0. The van der Waals surface area contributed by atoms with Crippen molar-refractivity contribution in [2.45, 2.75) is 19.8 Å². The lowest BCUT2D eigenvalue weighted by atomic mass is 10.1. The van der Waals surface area contributed by atoms with E-state index in [4.69, 9.17) is 40.5 Å². The van der Waals surface area contributed by atoms with Gasteiger partial charge in [-0.2, -0.15) is 5.10 Å². The monoisotopic (exact) mass is 346 g/mol. The molecule has 0 saturated heterocycles. The number of halogens is 3. The number of H-pyrrole nitrogens is 1. The van der Waals surface area contributed by atoms with E-state index in [9.17, 15) is 4.79 Å². The number of carbonyl (C=O) groups excluding carboxylic acids is 1. The Labute approximate surface area is 136 Å². The predicted octanol–water partition coefficient (Wildman–Crippen LogP) is 4.33. The molecule has 112 valence electrons. The number of rotatable bonds is 3. The maximum Gasteiger partial charge on any atom is 0.261 e. The highest BCUT2D eigenvalue weighted by Crippen LogP contribution is 2.34. The smallest absolute Gasteiger partial charge is 0.261 e. The van der Waals surface area contributed by atoms with E-state index < -0.39 is 5.91 Å². The number of nitrogens with zero attached hydrogens (tertiary/aromatic N) is 1. The fourth-order valence-corrected chi connectivity index (χ4v) is 2.78. The van der Waals surface area contributed by atoms with Gasteiger partial charge in [0.2, 0.25) is 0 Å². The van der Waals surface area contributed by atoms with E-state index in [2.05, 4.69) is 15.5 Å². The number of aromatic nitrogens is 2. The van der Waals surface area contributed by atoms with Crippen LogP contribution in [0.15, 0.2) is 12.1 Å². The molecule has 2 rings (SSSR count). The lowest BCUT2D eigenvalue weighted by Crippen LogP contribution is -2.16. The first-order chi connectivity index (χ1) is 9.81. The molecule has 1 amide bonds. The Hall–Kier alpha value is -1.43. The van der Waals surface area contributed by atoms with Crippen molar-refractivity contribution in [3.63, 3.8) is 0 Å².